The molecule has 0 amide bonds. The Morgan fingerprint density at radius 3 is 0.882 bits per heavy atom. The SMILES string of the molecule is CCCCCCCC/C=C\C/C=C\C/C=C\CCCC(=O)OCC(COC(=O)CCCCCCCCCCCCCCCCCC)OC(=O)CCC/C=C\C/C=C\C/C=C\CCCCCCCC. The van der Waals surface area contributed by atoms with Gasteiger partial charge in [-0.3, -0.25) is 14.4 Å². The molecule has 0 radical (unpaired) electrons. The molecule has 1 atom stereocenters. The van der Waals surface area contributed by atoms with Gasteiger partial charge in [0.2, 0.25) is 0 Å². The Balaban J connectivity index is 4.51. The van der Waals surface area contributed by atoms with Crippen LogP contribution in [0.5, 0.6) is 0 Å². The maximum absolute atomic E-state index is 12.8. The van der Waals surface area contributed by atoms with E-state index in [1.165, 1.54) is 173 Å². The minimum absolute atomic E-state index is 0.109. The lowest BCUT2D eigenvalue weighted by molar-refractivity contribution is -0.167. The maximum atomic E-state index is 12.8. The van der Waals surface area contributed by atoms with E-state index in [0.29, 0.717) is 19.3 Å². The summed E-state index contributed by atoms with van der Waals surface area (Å²) >= 11 is 0. The van der Waals surface area contributed by atoms with Crippen LogP contribution in [0.2, 0.25) is 0 Å². The molecule has 6 nitrogen and oxygen atoms in total. The minimum atomic E-state index is -0.821. The summed E-state index contributed by atoms with van der Waals surface area (Å²) in [4.78, 5) is 38.1. The van der Waals surface area contributed by atoms with Crippen molar-refractivity contribution in [1.29, 1.82) is 0 Å². The van der Waals surface area contributed by atoms with E-state index in [0.717, 1.165) is 57.8 Å². The second-order valence-corrected chi connectivity index (χ2v) is 19.2. The molecule has 0 fully saturated rings. The number of hydrogen-bond acceptors (Lipinski definition) is 6. The van der Waals surface area contributed by atoms with Crippen LogP contribution >= 0.6 is 0 Å². The van der Waals surface area contributed by atoms with Crippen molar-refractivity contribution < 1.29 is 28.6 Å². The largest absolute Gasteiger partial charge is 0.462 e. The van der Waals surface area contributed by atoms with Crippen molar-refractivity contribution in [3.05, 3.63) is 72.9 Å². The molecule has 0 aliphatic carbocycles. The quantitative estimate of drug-likeness (QED) is 0.0262. The number of rotatable bonds is 52. The van der Waals surface area contributed by atoms with E-state index in [1.54, 1.807) is 0 Å². The number of carbonyl (C=O) groups excluding carboxylic acids is 3. The van der Waals surface area contributed by atoms with Crippen LogP contribution in [-0.4, -0.2) is 37.2 Å². The lowest BCUT2D eigenvalue weighted by Crippen LogP contribution is -2.30. The second-order valence-electron chi connectivity index (χ2n) is 19.2. The van der Waals surface area contributed by atoms with Gasteiger partial charge in [-0.15, -0.1) is 0 Å². The van der Waals surface area contributed by atoms with Gasteiger partial charge in [-0.05, 0) is 83.5 Å². The number of ether oxygens (including phenoxy) is 3. The molecule has 0 bridgehead atoms. The van der Waals surface area contributed by atoms with Crippen LogP contribution in [0.1, 0.15) is 284 Å². The Kier molecular flexibility index (Phi) is 53.8. The van der Waals surface area contributed by atoms with E-state index in [-0.39, 0.29) is 44.0 Å². The molecule has 1 unspecified atom stereocenters. The van der Waals surface area contributed by atoms with Crippen molar-refractivity contribution in [2.24, 2.45) is 0 Å². The van der Waals surface area contributed by atoms with Crippen LogP contribution in [0, 0.1) is 0 Å². The molecule has 0 aliphatic rings. The standard InChI is InChI=1S/C62H108O6/c1-4-7-10-13-16-19-22-25-28-31-34-37-40-43-46-49-52-55-61(64)67-58-59(57-66-60(63)54-51-48-45-42-39-36-33-30-27-24-21-18-15-12-9-6-3)68-62(65)56-53-50-47-44-41-38-35-32-29-26-23-20-17-14-11-8-5-2/h25-26,28-29,34-35,37-38,43-44,46-47,59H,4-24,27,30-33,36,39-42,45,48-58H2,1-3H3/b28-25-,29-26-,37-34-,38-35-,46-43-,47-44-. The maximum Gasteiger partial charge on any atom is 0.306 e. The van der Waals surface area contributed by atoms with Crippen molar-refractivity contribution in [3.63, 3.8) is 0 Å². The van der Waals surface area contributed by atoms with Crippen molar-refractivity contribution in [2.45, 2.75) is 290 Å². The summed E-state index contributed by atoms with van der Waals surface area (Å²) in [6.07, 6.45) is 71.9. The molecular formula is C62H108O6. The van der Waals surface area contributed by atoms with Gasteiger partial charge in [-0.1, -0.05) is 254 Å². The molecule has 0 saturated heterocycles. The van der Waals surface area contributed by atoms with E-state index in [9.17, 15) is 14.4 Å². The molecule has 0 aliphatic heterocycles. The number of unbranched alkanes of at least 4 members (excludes halogenated alkanes) is 29. The van der Waals surface area contributed by atoms with Crippen molar-refractivity contribution in [1.82, 2.24) is 0 Å². The summed E-state index contributed by atoms with van der Waals surface area (Å²) in [5.41, 5.74) is 0. The highest BCUT2D eigenvalue weighted by atomic mass is 16.6. The summed E-state index contributed by atoms with van der Waals surface area (Å²) in [5, 5.41) is 0. The van der Waals surface area contributed by atoms with Gasteiger partial charge in [0, 0.05) is 19.3 Å². The molecule has 68 heavy (non-hydrogen) atoms. The Hall–Kier alpha value is -3.15. The average molecular weight is 950 g/mol. The lowest BCUT2D eigenvalue weighted by Gasteiger charge is -2.18. The van der Waals surface area contributed by atoms with Gasteiger partial charge >= 0.3 is 17.9 Å². The number of hydrogen-bond donors (Lipinski definition) is 0. The number of allylic oxidation sites excluding steroid dienone is 12. The predicted molar refractivity (Wildman–Crippen MR) is 293 cm³/mol. The number of carbonyl (C=O) groups is 3. The van der Waals surface area contributed by atoms with Gasteiger partial charge in [-0.25, -0.2) is 0 Å². The third-order valence-corrected chi connectivity index (χ3v) is 12.4. The summed E-state index contributed by atoms with van der Waals surface area (Å²) in [7, 11) is 0. The molecule has 6 heteroatoms. The van der Waals surface area contributed by atoms with Gasteiger partial charge in [-0.2, -0.15) is 0 Å². The zero-order valence-electron chi connectivity index (χ0n) is 44.9. The normalized spacial score (nSPS) is 12.6. The third-order valence-electron chi connectivity index (χ3n) is 12.4. The monoisotopic (exact) mass is 949 g/mol. The molecule has 0 saturated carbocycles. The molecule has 0 spiro atoms. The van der Waals surface area contributed by atoms with E-state index < -0.39 is 6.10 Å². The first-order chi connectivity index (χ1) is 33.5. The summed E-state index contributed by atoms with van der Waals surface area (Å²) < 4.78 is 16.8. The smallest absolute Gasteiger partial charge is 0.306 e. The molecule has 0 heterocycles. The molecular weight excluding hydrogens is 841 g/mol. The highest BCUT2D eigenvalue weighted by Crippen LogP contribution is 2.15. The molecule has 392 valence electrons. The predicted octanol–water partition coefficient (Wildman–Crippen LogP) is 19.4. The summed E-state index contributed by atoms with van der Waals surface area (Å²) in [6, 6.07) is 0. The molecule has 0 aromatic carbocycles. The average Bonchev–Trinajstić information content (AvgIpc) is 3.34. The fourth-order valence-corrected chi connectivity index (χ4v) is 8.06. The van der Waals surface area contributed by atoms with Crippen molar-refractivity contribution in [3.8, 4) is 0 Å². The Labute approximate surface area is 421 Å². The van der Waals surface area contributed by atoms with Gasteiger partial charge in [0.05, 0.1) is 0 Å². The van der Waals surface area contributed by atoms with Gasteiger partial charge in [0.1, 0.15) is 13.2 Å². The first kappa shape index (κ1) is 64.8. The molecule has 0 rings (SSSR count). The summed E-state index contributed by atoms with van der Waals surface area (Å²) in [5.74, 6) is -1.01. The van der Waals surface area contributed by atoms with Gasteiger partial charge < -0.3 is 14.2 Å². The summed E-state index contributed by atoms with van der Waals surface area (Å²) in [6.45, 7) is 6.56. The molecule has 0 N–H and O–H groups in total. The van der Waals surface area contributed by atoms with E-state index in [2.05, 4.69) is 93.7 Å². The van der Waals surface area contributed by atoms with Crippen LogP contribution in [0.15, 0.2) is 72.9 Å². The fourth-order valence-electron chi connectivity index (χ4n) is 8.06. The molecule has 0 aromatic heterocycles. The van der Waals surface area contributed by atoms with Crippen LogP contribution in [-0.2, 0) is 28.6 Å². The molecule has 0 aromatic rings. The lowest BCUT2D eigenvalue weighted by atomic mass is 10.0. The second kappa shape index (κ2) is 56.4. The van der Waals surface area contributed by atoms with E-state index in [1.807, 2.05) is 0 Å². The first-order valence-corrected chi connectivity index (χ1v) is 28.9. The Bertz CT molecular complexity index is 1270. The Morgan fingerprint density at radius 1 is 0.294 bits per heavy atom. The first-order valence-electron chi connectivity index (χ1n) is 28.9. The zero-order valence-corrected chi connectivity index (χ0v) is 44.9. The van der Waals surface area contributed by atoms with Gasteiger partial charge in [0.15, 0.2) is 6.10 Å². The highest BCUT2D eigenvalue weighted by Gasteiger charge is 2.19. The van der Waals surface area contributed by atoms with E-state index >= 15 is 0 Å². The topological polar surface area (TPSA) is 78.9 Å². The highest BCUT2D eigenvalue weighted by molar-refractivity contribution is 5.71. The minimum Gasteiger partial charge on any atom is -0.462 e. The van der Waals surface area contributed by atoms with Crippen molar-refractivity contribution in [2.75, 3.05) is 13.2 Å². The van der Waals surface area contributed by atoms with Crippen LogP contribution in [0.25, 0.3) is 0 Å². The van der Waals surface area contributed by atoms with Crippen LogP contribution < -0.4 is 0 Å². The van der Waals surface area contributed by atoms with E-state index in [4.69, 9.17) is 14.2 Å². The van der Waals surface area contributed by atoms with Crippen molar-refractivity contribution >= 4 is 17.9 Å². The fraction of sp³-hybridized carbons (Fsp3) is 0.758. The van der Waals surface area contributed by atoms with Crippen LogP contribution in [0.4, 0.5) is 0 Å². The number of esters is 3. The van der Waals surface area contributed by atoms with Crippen LogP contribution in [0.3, 0.4) is 0 Å². The zero-order chi connectivity index (χ0) is 49.3. The van der Waals surface area contributed by atoms with Gasteiger partial charge in [0.25, 0.3) is 0 Å². The third kappa shape index (κ3) is 53.8. The Morgan fingerprint density at radius 2 is 0.544 bits per heavy atom.